The molecule has 3 aliphatic rings. The Kier molecular flexibility index (Phi) is 3.57. The van der Waals surface area contributed by atoms with E-state index in [1.54, 1.807) is 6.07 Å². The topological polar surface area (TPSA) is 71.3 Å². The van der Waals surface area contributed by atoms with Crippen molar-refractivity contribution in [2.75, 3.05) is 19.6 Å². The molecule has 0 radical (unpaired) electrons. The number of nitrogens with one attached hydrogen (secondary N) is 1. The fourth-order valence-electron chi connectivity index (χ4n) is 3.43. The predicted octanol–water partition coefficient (Wildman–Crippen LogP) is 1.70. The van der Waals surface area contributed by atoms with E-state index in [0.717, 1.165) is 32.5 Å². The molecule has 0 aromatic carbocycles. The number of hydrogen-bond donors (Lipinski definition) is 1. The lowest BCUT2D eigenvalue weighted by molar-refractivity contribution is 0.0602. The van der Waals surface area contributed by atoms with Gasteiger partial charge in [-0.25, -0.2) is 9.97 Å². The summed E-state index contributed by atoms with van der Waals surface area (Å²) in [7, 11) is 0. The van der Waals surface area contributed by atoms with Crippen molar-refractivity contribution >= 4 is 5.91 Å². The second kappa shape index (κ2) is 5.73. The molecule has 6 nitrogen and oxygen atoms in total. The van der Waals surface area contributed by atoms with Crippen molar-refractivity contribution in [1.82, 2.24) is 20.2 Å². The Morgan fingerprint density at radius 1 is 1.35 bits per heavy atom. The third kappa shape index (κ3) is 2.72. The van der Waals surface area contributed by atoms with Gasteiger partial charge in [0, 0.05) is 18.8 Å². The lowest BCUT2D eigenvalue weighted by atomic mass is 9.84. The zero-order chi connectivity index (χ0) is 15.8. The number of piperidine rings is 3. The Hall–Kier alpha value is -2.28. The fraction of sp³-hybridized carbons (Fsp3) is 0.438. The first-order chi connectivity index (χ1) is 11.2. The Labute approximate surface area is 132 Å². The van der Waals surface area contributed by atoms with Crippen molar-refractivity contribution in [2.45, 2.75) is 18.9 Å². The highest BCUT2D eigenvalue weighted by molar-refractivity contribution is 5.90. The van der Waals surface area contributed by atoms with Gasteiger partial charge in [0.1, 0.15) is 0 Å². The molecule has 1 atom stereocenters. The number of fused-ring (bicyclic) bond motifs is 3. The highest BCUT2D eigenvalue weighted by atomic mass is 19.1. The maximum Gasteiger partial charge on any atom is 0.307 e. The molecule has 1 unspecified atom stereocenters. The molecule has 2 bridgehead atoms. The van der Waals surface area contributed by atoms with E-state index in [-0.39, 0.29) is 29.2 Å². The normalized spacial score (nSPS) is 26.2. The molecule has 1 N–H and O–H groups in total. The monoisotopic (exact) mass is 316 g/mol. The van der Waals surface area contributed by atoms with E-state index in [1.807, 2.05) is 0 Å². The quantitative estimate of drug-likeness (QED) is 0.873. The summed E-state index contributed by atoms with van der Waals surface area (Å²) >= 11 is 0. The second-order valence-electron chi connectivity index (χ2n) is 6.09. The first-order valence-corrected chi connectivity index (χ1v) is 7.80. The van der Waals surface area contributed by atoms with Crippen molar-refractivity contribution in [2.24, 2.45) is 5.92 Å². The van der Waals surface area contributed by atoms with Crippen molar-refractivity contribution in [3.63, 3.8) is 0 Å². The fourth-order valence-corrected chi connectivity index (χ4v) is 3.43. The van der Waals surface area contributed by atoms with Crippen molar-refractivity contribution in [3.8, 4) is 11.3 Å². The standard InChI is InChI=1S/C16H17FN4O2/c17-14-11(2-1-5-18-14)13-8-19-16(23-13)15(22)20-12-9-21-6-3-10(12)4-7-21/h1-2,5,8,10,12H,3-4,6-7,9H2,(H,20,22). The first kappa shape index (κ1) is 14.3. The summed E-state index contributed by atoms with van der Waals surface area (Å²) in [6.45, 7) is 3.10. The summed E-state index contributed by atoms with van der Waals surface area (Å²) in [4.78, 5) is 22.2. The molecule has 3 fully saturated rings. The van der Waals surface area contributed by atoms with Gasteiger partial charge in [-0.3, -0.25) is 4.79 Å². The molecule has 5 heterocycles. The van der Waals surface area contributed by atoms with Crippen LogP contribution in [0.2, 0.25) is 0 Å². The van der Waals surface area contributed by atoms with Gasteiger partial charge >= 0.3 is 5.91 Å². The van der Waals surface area contributed by atoms with Crippen LogP contribution in [0, 0.1) is 11.9 Å². The van der Waals surface area contributed by atoms with Crippen LogP contribution >= 0.6 is 0 Å². The molecule has 0 aliphatic carbocycles. The van der Waals surface area contributed by atoms with Gasteiger partial charge in [-0.2, -0.15) is 4.39 Å². The number of amides is 1. The largest absolute Gasteiger partial charge is 0.432 e. The number of pyridine rings is 1. The zero-order valence-electron chi connectivity index (χ0n) is 12.5. The summed E-state index contributed by atoms with van der Waals surface area (Å²) in [6, 6.07) is 3.28. The van der Waals surface area contributed by atoms with E-state index in [9.17, 15) is 9.18 Å². The molecule has 3 saturated heterocycles. The van der Waals surface area contributed by atoms with Crippen LogP contribution in [0.1, 0.15) is 23.5 Å². The van der Waals surface area contributed by atoms with E-state index >= 15 is 0 Å². The van der Waals surface area contributed by atoms with Crippen LogP contribution in [0.3, 0.4) is 0 Å². The lowest BCUT2D eigenvalue weighted by Crippen LogP contribution is -2.57. The minimum Gasteiger partial charge on any atom is -0.432 e. The second-order valence-corrected chi connectivity index (χ2v) is 6.09. The number of aromatic nitrogens is 2. The molecule has 7 heteroatoms. The molecule has 120 valence electrons. The highest BCUT2D eigenvalue weighted by Crippen LogP contribution is 2.28. The SMILES string of the molecule is O=C(NC1CN2CCC1CC2)c1ncc(-c2cccnc2F)o1. The average Bonchev–Trinajstić information content (AvgIpc) is 3.06. The average molecular weight is 316 g/mol. The molecule has 5 rings (SSSR count). The van der Waals surface area contributed by atoms with Crippen molar-refractivity contribution in [3.05, 3.63) is 36.4 Å². The van der Waals surface area contributed by atoms with E-state index in [1.165, 1.54) is 18.5 Å². The smallest absolute Gasteiger partial charge is 0.307 e. The number of carbonyl (C=O) groups is 1. The van der Waals surface area contributed by atoms with Gasteiger partial charge in [0.2, 0.25) is 5.95 Å². The molecule has 23 heavy (non-hydrogen) atoms. The minimum absolute atomic E-state index is 0.0419. The maximum absolute atomic E-state index is 13.7. The van der Waals surface area contributed by atoms with Gasteiger partial charge in [0.15, 0.2) is 5.76 Å². The van der Waals surface area contributed by atoms with Crippen LogP contribution < -0.4 is 5.32 Å². The third-order valence-electron chi connectivity index (χ3n) is 4.70. The molecule has 0 saturated carbocycles. The summed E-state index contributed by atoms with van der Waals surface area (Å²) < 4.78 is 19.1. The summed E-state index contributed by atoms with van der Waals surface area (Å²) in [6.07, 6.45) is 4.94. The number of nitrogens with zero attached hydrogens (tertiary/aromatic N) is 3. The minimum atomic E-state index is -0.645. The van der Waals surface area contributed by atoms with Crippen LogP contribution in [0.15, 0.2) is 28.9 Å². The van der Waals surface area contributed by atoms with Gasteiger partial charge in [-0.05, 0) is 44.0 Å². The van der Waals surface area contributed by atoms with E-state index < -0.39 is 5.95 Å². The van der Waals surface area contributed by atoms with Crippen LogP contribution in [0.4, 0.5) is 4.39 Å². The predicted molar refractivity (Wildman–Crippen MR) is 80.1 cm³/mol. The van der Waals surface area contributed by atoms with Crippen LogP contribution in [-0.2, 0) is 0 Å². The zero-order valence-corrected chi connectivity index (χ0v) is 12.5. The van der Waals surface area contributed by atoms with Gasteiger partial charge < -0.3 is 14.6 Å². The first-order valence-electron chi connectivity index (χ1n) is 7.80. The number of carbonyl (C=O) groups excluding carboxylic acids is 1. The van der Waals surface area contributed by atoms with Gasteiger partial charge in [-0.1, -0.05) is 0 Å². The third-order valence-corrected chi connectivity index (χ3v) is 4.70. The number of halogens is 1. The van der Waals surface area contributed by atoms with Crippen molar-refractivity contribution in [1.29, 1.82) is 0 Å². The van der Waals surface area contributed by atoms with Crippen LogP contribution in [-0.4, -0.2) is 46.5 Å². The Bertz CT molecular complexity index is 724. The van der Waals surface area contributed by atoms with Gasteiger partial charge in [-0.15, -0.1) is 0 Å². The summed E-state index contributed by atoms with van der Waals surface area (Å²) in [5, 5.41) is 3.00. The Morgan fingerprint density at radius 2 is 2.17 bits per heavy atom. The number of rotatable bonds is 3. The van der Waals surface area contributed by atoms with Gasteiger partial charge in [0.05, 0.1) is 11.8 Å². The molecule has 0 spiro atoms. The van der Waals surface area contributed by atoms with Crippen LogP contribution in [0.5, 0.6) is 0 Å². The maximum atomic E-state index is 13.7. The number of oxazole rings is 1. The van der Waals surface area contributed by atoms with Gasteiger partial charge in [0.25, 0.3) is 5.89 Å². The van der Waals surface area contributed by atoms with E-state index in [4.69, 9.17) is 4.42 Å². The van der Waals surface area contributed by atoms with Crippen molar-refractivity contribution < 1.29 is 13.6 Å². The highest BCUT2D eigenvalue weighted by Gasteiger charge is 2.35. The lowest BCUT2D eigenvalue weighted by Gasteiger charge is -2.44. The molecule has 1 amide bonds. The van der Waals surface area contributed by atoms with E-state index in [2.05, 4.69) is 20.2 Å². The number of hydrogen-bond acceptors (Lipinski definition) is 5. The summed E-state index contributed by atoms with van der Waals surface area (Å²) in [5.74, 6) is -0.309. The summed E-state index contributed by atoms with van der Waals surface area (Å²) in [5.41, 5.74) is 0.196. The Morgan fingerprint density at radius 3 is 2.87 bits per heavy atom. The van der Waals surface area contributed by atoms with E-state index in [0.29, 0.717) is 5.92 Å². The Balaban J connectivity index is 1.48. The molecular weight excluding hydrogens is 299 g/mol. The molecular formula is C16H17FN4O2. The molecule has 2 aromatic heterocycles. The molecule has 2 aromatic rings. The van der Waals surface area contributed by atoms with Crippen LogP contribution in [0.25, 0.3) is 11.3 Å². The molecule has 3 aliphatic heterocycles.